The number of aromatic nitrogens is 4. The van der Waals surface area contributed by atoms with Gasteiger partial charge < -0.3 is 25.1 Å². The second-order valence-electron chi connectivity index (χ2n) is 14.0. The molecule has 2 bridgehead atoms. The molecule has 1 aromatic carbocycles. The third-order valence-electron chi connectivity index (χ3n) is 10.6. The second kappa shape index (κ2) is 11.4. The molecule has 9 nitrogen and oxygen atoms in total. The number of amides is 2. The molecule has 2 aliphatic heterocycles. The maximum atomic E-state index is 15.7. The van der Waals surface area contributed by atoms with Crippen molar-refractivity contribution in [3.8, 4) is 11.5 Å². The van der Waals surface area contributed by atoms with Crippen molar-refractivity contribution in [3.63, 3.8) is 0 Å². The SMILES string of the molecule is C[C@@H]1C[C@H]1n1c(-c2cc3ccc4nc3n2CCCCC[C@@H]2C[C@H]2C(=O)N[C@@H]4C)nc2cc(C(=O)N[C@H]3CNCC[C@@H]3F)c(F)cc21. The fourth-order valence-corrected chi connectivity index (χ4v) is 7.61. The summed E-state index contributed by atoms with van der Waals surface area (Å²) in [6.45, 7) is 5.78. The molecular weight excluding hydrogens is 588 g/mol. The fourth-order valence-electron chi connectivity index (χ4n) is 7.61. The van der Waals surface area contributed by atoms with Gasteiger partial charge in [0.05, 0.1) is 40.1 Å². The first kappa shape index (κ1) is 29.5. The summed E-state index contributed by atoms with van der Waals surface area (Å²) in [5, 5.41) is 9.95. The maximum Gasteiger partial charge on any atom is 0.254 e. The third-order valence-corrected chi connectivity index (χ3v) is 10.6. The van der Waals surface area contributed by atoms with Crippen molar-refractivity contribution in [1.29, 1.82) is 0 Å². The summed E-state index contributed by atoms with van der Waals surface area (Å²) >= 11 is 0. The molecule has 2 amide bonds. The summed E-state index contributed by atoms with van der Waals surface area (Å²) in [4.78, 5) is 36.2. The van der Waals surface area contributed by atoms with Crippen LogP contribution in [-0.4, -0.2) is 56.2 Å². The zero-order chi connectivity index (χ0) is 31.7. The lowest BCUT2D eigenvalue weighted by atomic mass is 10.0. The minimum Gasteiger partial charge on any atom is -0.348 e. The average Bonchev–Trinajstić information content (AvgIpc) is 3.90. The Balaban J connectivity index is 1.21. The Kier molecular flexibility index (Phi) is 7.34. The Hall–Kier alpha value is -3.86. The van der Waals surface area contributed by atoms with Crippen LogP contribution in [0.1, 0.15) is 86.9 Å². The van der Waals surface area contributed by atoms with Crippen LogP contribution in [0.3, 0.4) is 0 Å². The van der Waals surface area contributed by atoms with Gasteiger partial charge in [0.15, 0.2) is 5.82 Å². The van der Waals surface area contributed by atoms with E-state index < -0.39 is 23.9 Å². The number of rotatable bonds is 4. The minimum atomic E-state index is -1.18. The zero-order valence-electron chi connectivity index (χ0n) is 26.4. The molecule has 4 aromatic rings. The second-order valence-corrected chi connectivity index (χ2v) is 14.0. The molecule has 2 aliphatic carbocycles. The summed E-state index contributed by atoms with van der Waals surface area (Å²) in [6.07, 6.45) is 5.23. The van der Waals surface area contributed by atoms with E-state index in [9.17, 15) is 14.0 Å². The van der Waals surface area contributed by atoms with E-state index in [-0.39, 0.29) is 29.5 Å². The molecule has 8 rings (SSSR count). The Morgan fingerprint density at radius 2 is 1.91 bits per heavy atom. The van der Waals surface area contributed by atoms with Crippen LogP contribution < -0.4 is 16.0 Å². The van der Waals surface area contributed by atoms with Crippen LogP contribution in [0.15, 0.2) is 30.3 Å². The number of carbonyl (C=O) groups excluding carboxylic acids is 2. The van der Waals surface area contributed by atoms with Gasteiger partial charge in [-0.05, 0) is 81.7 Å². The van der Waals surface area contributed by atoms with Crippen LogP contribution >= 0.6 is 0 Å². The van der Waals surface area contributed by atoms with Crippen molar-refractivity contribution < 1.29 is 18.4 Å². The van der Waals surface area contributed by atoms with Crippen LogP contribution in [0.4, 0.5) is 8.78 Å². The number of carbonyl (C=O) groups is 2. The van der Waals surface area contributed by atoms with Gasteiger partial charge in [0.25, 0.3) is 5.91 Å². The molecule has 242 valence electrons. The number of hydrogen-bond donors (Lipinski definition) is 3. The zero-order valence-corrected chi connectivity index (χ0v) is 26.4. The standard InChI is InChI=1S/C35H41F2N7O2/c1-18-12-29(18)44-30-16-25(37)23(35(46)42-28-17-38-10-9-24(28)36)15-27(30)41-33(44)31-14-21-7-8-26-19(2)39-34(45)22-13-20(22)6-4-3-5-11-43(31)32(21)40-26/h7-8,14-16,18-20,22,24,28-29,38H,3-6,9-13,17H2,1-2H3,(H,39,45)(H,42,46)/t18-,19-,20-,22-,24+,28+,29-/m1/s1. The minimum absolute atomic E-state index is 0.125. The molecule has 3 fully saturated rings. The van der Waals surface area contributed by atoms with E-state index in [4.69, 9.17) is 9.97 Å². The van der Waals surface area contributed by atoms with Crippen LogP contribution in [0.5, 0.6) is 0 Å². The maximum absolute atomic E-state index is 15.7. The molecule has 4 aliphatic rings. The van der Waals surface area contributed by atoms with E-state index in [1.54, 1.807) is 0 Å². The van der Waals surface area contributed by atoms with Gasteiger partial charge in [0.2, 0.25) is 5.91 Å². The highest BCUT2D eigenvalue weighted by Crippen LogP contribution is 2.48. The van der Waals surface area contributed by atoms with Crippen LogP contribution in [0.2, 0.25) is 0 Å². The topological polar surface area (TPSA) is 106 Å². The van der Waals surface area contributed by atoms with Crippen molar-refractivity contribution in [3.05, 3.63) is 47.4 Å². The number of aryl methyl sites for hydroxylation is 1. The number of nitrogens with one attached hydrogen (secondary N) is 3. The lowest BCUT2D eigenvalue weighted by molar-refractivity contribution is -0.123. The predicted octanol–water partition coefficient (Wildman–Crippen LogP) is 5.59. The van der Waals surface area contributed by atoms with Gasteiger partial charge in [-0.25, -0.2) is 18.7 Å². The highest BCUT2D eigenvalue weighted by atomic mass is 19.1. The Bertz CT molecular complexity index is 1850. The molecule has 11 heteroatoms. The first-order valence-electron chi connectivity index (χ1n) is 16.9. The average molecular weight is 630 g/mol. The van der Waals surface area contributed by atoms with Crippen LogP contribution in [0.25, 0.3) is 33.6 Å². The Morgan fingerprint density at radius 3 is 2.72 bits per heavy atom. The summed E-state index contributed by atoms with van der Waals surface area (Å²) in [5.74, 6) is 0.588. The van der Waals surface area contributed by atoms with Crippen LogP contribution in [-0.2, 0) is 11.3 Å². The monoisotopic (exact) mass is 629 g/mol. The van der Waals surface area contributed by atoms with E-state index in [0.29, 0.717) is 42.4 Å². The highest BCUT2D eigenvalue weighted by molar-refractivity contribution is 5.98. The lowest BCUT2D eigenvalue weighted by Crippen LogP contribution is -2.52. The van der Waals surface area contributed by atoms with E-state index in [2.05, 4.69) is 44.1 Å². The molecular formula is C35H41F2N7O2. The quantitative estimate of drug-likeness (QED) is 0.273. The molecule has 0 radical (unpaired) electrons. The van der Waals surface area contributed by atoms with Crippen molar-refractivity contribution in [2.45, 2.75) is 89.6 Å². The summed E-state index contributed by atoms with van der Waals surface area (Å²) < 4.78 is 34.5. The van der Waals surface area contributed by atoms with E-state index in [0.717, 1.165) is 73.3 Å². The number of piperidine rings is 1. The molecule has 7 atom stereocenters. The smallest absolute Gasteiger partial charge is 0.254 e. The molecule has 0 unspecified atom stereocenters. The van der Waals surface area contributed by atoms with Gasteiger partial charge in [0.1, 0.15) is 17.6 Å². The number of hydrogen-bond acceptors (Lipinski definition) is 5. The molecule has 46 heavy (non-hydrogen) atoms. The molecule has 5 heterocycles. The van der Waals surface area contributed by atoms with Gasteiger partial charge in [0, 0.05) is 36.5 Å². The van der Waals surface area contributed by atoms with Crippen molar-refractivity contribution in [1.82, 2.24) is 35.1 Å². The number of fused-ring (bicyclic) bond motifs is 3. The predicted molar refractivity (Wildman–Crippen MR) is 171 cm³/mol. The van der Waals surface area contributed by atoms with E-state index in [1.165, 1.54) is 12.1 Å². The summed E-state index contributed by atoms with van der Waals surface area (Å²) in [5.41, 5.74) is 3.59. The summed E-state index contributed by atoms with van der Waals surface area (Å²) in [7, 11) is 0. The number of pyridine rings is 1. The fraction of sp³-hybridized carbons (Fsp3) is 0.543. The summed E-state index contributed by atoms with van der Waals surface area (Å²) in [6, 6.07) is 8.30. The molecule has 0 spiro atoms. The first-order valence-corrected chi connectivity index (χ1v) is 16.9. The van der Waals surface area contributed by atoms with Gasteiger partial charge in [-0.1, -0.05) is 19.8 Å². The normalized spacial score (nSPS) is 29.7. The van der Waals surface area contributed by atoms with Gasteiger partial charge in [-0.3, -0.25) is 9.59 Å². The highest BCUT2D eigenvalue weighted by Gasteiger charge is 2.43. The number of alkyl halides is 1. The molecule has 3 N–H and O–H groups in total. The molecule has 1 saturated heterocycles. The van der Waals surface area contributed by atoms with Gasteiger partial charge >= 0.3 is 0 Å². The van der Waals surface area contributed by atoms with Crippen molar-refractivity contribution in [2.75, 3.05) is 13.1 Å². The molecule has 3 aromatic heterocycles. The third kappa shape index (κ3) is 5.26. The number of imidazole rings is 1. The Morgan fingerprint density at radius 1 is 1.07 bits per heavy atom. The van der Waals surface area contributed by atoms with Crippen molar-refractivity contribution >= 4 is 33.9 Å². The van der Waals surface area contributed by atoms with E-state index >= 15 is 4.39 Å². The van der Waals surface area contributed by atoms with Gasteiger partial charge in [-0.2, -0.15) is 0 Å². The van der Waals surface area contributed by atoms with Gasteiger partial charge in [-0.15, -0.1) is 0 Å². The number of benzene rings is 1. The number of halogens is 2. The number of nitrogens with zero attached hydrogens (tertiary/aromatic N) is 4. The van der Waals surface area contributed by atoms with Crippen LogP contribution in [0, 0.1) is 23.6 Å². The van der Waals surface area contributed by atoms with E-state index in [1.807, 2.05) is 13.0 Å². The Labute approximate surface area is 266 Å². The first-order chi connectivity index (χ1) is 22.3. The largest absolute Gasteiger partial charge is 0.348 e. The molecule has 2 saturated carbocycles. The lowest BCUT2D eigenvalue weighted by Gasteiger charge is -2.27. The van der Waals surface area contributed by atoms with Crippen molar-refractivity contribution in [2.24, 2.45) is 17.8 Å².